The Balaban J connectivity index is 1.45. The van der Waals surface area contributed by atoms with Crippen LogP contribution in [0, 0.1) is 0 Å². The van der Waals surface area contributed by atoms with E-state index in [1.165, 1.54) is 35.7 Å². The molecule has 0 N–H and O–H groups in total. The van der Waals surface area contributed by atoms with Crippen LogP contribution in [0.4, 0.5) is 0 Å². The average molecular weight is 405 g/mol. The van der Waals surface area contributed by atoms with Crippen molar-refractivity contribution in [1.29, 1.82) is 0 Å². The van der Waals surface area contributed by atoms with Gasteiger partial charge in [0.15, 0.2) is 5.88 Å². The monoisotopic (exact) mass is 404 g/mol. The number of rotatable bonds is 7. The van der Waals surface area contributed by atoms with Gasteiger partial charge in [0.2, 0.25) is 0 Å². The third kappa shape index (κ3) is 4.78. The van der Waals surface area contributed by atoms with Gasteiger partial charge in [0, 0.05) is 49.8 Å². The number of hydrogen-bond donors (Lipinski definition) is 0. The molecule has 3 aliphatic heterocycles. The highest BCUT2D eigenvalue weighted by Gasteiger charge is 2.24. The van der Waals surface area contributed by atoms with E-state index in [4.69, 9.17) is 14.2 Å². The fourth-order valence-electron chi connectivity index (χ4n) is 4.00. The Morgan fingerprint density at radius 3 is 2.71 bits per heavy atom. The molecule has 0 saturated carbocycles. The summed E-state index contributed by atoms with van der Waals surface area (Å²) in [5.74, 6) is 5.48. The molecule has 0 unspecified atom stereocenters. The molecule has 0 atom stereocenters. The van der Waals surface area contributed by atoms with E-state index < -0.39 is 0 Å². The number of morpholine rings is 1. The first kappa shape index (κ1) is 19.9. The first-order chi connectivity index (χ1) is 13.8. The molecule has 0 amide bonds. The van der Waals surface area contributed by atoms with E-state index in [1.807, 2.05) is 11.8 Å². The molecule has 154 valence electrons. The van der Waals surface area contributed by atoms with E-state index in [-0.39, 0.29) is 0 Å². The highest BCUT2D eigenvalue weighted by atomic mass is 32.2. The number of allylic oxidation sites excluding steroid dienone is 1. The van der Waals surface area contributed by atoms with E-state index in [9.17, 15) is 0 Å². The minimum Gasteiger partial charge on any atom is -0.492 e. The maximum atomic E-state index is 6.43. The summed E-state index contributed by atoms with van der Waals surface area (Å²) >= 11 is 2.05. The fraction of sp³-hybridized carbons (Fsp3) is 0.636. The van der Waals surface area contributed by atoms with Crippen LogP contribution in [0.2, 0.25) is 0 Å². The zero-order chi connectivity index (χ0) is 19.2. The molecule has 0 aliphatic carbocycles. The van der Waals surface area contributed by atoms with Crippen molar-refractivity contribution in [2.75, 3.05) is 64.1 Å². The third-order valence-electron chi connectivity index (χ3n) is 5.59. The summed E-state index contributed by atoms with van der Waals surface area (Å²) in [6, 6.07) is 4.32. The van der Waals surface area contributed by atoms with E-state index >= 15 is 0 Å². The van der Waals surface area contributed by atoms with Gasteiger partial charge in [0.1, 0.15) is 18.1 Å². The fourth-order valence-corrected chi connectivity index (χ4v) is 4.98. The lowest BCUT2D eigenvalue weighted by Gasteiger charge is -2.33. The Morgan fingerprint density at radius 1 is 1.11 bits per heavy atom. The summed E-state index contributed by atoms with van der Waals surface area (Å²) in [7, 11) is 0. The largest absolute Gasteiger partial charge is 0.492 e. The Morgan fingerprint density at radius 2 is 1.93 bits per heavy atom. The number of ether oxygens (including phenoxy) is 3. The summed E-state index contributed by atoms with van der Waals surface area (Å²) < 4.78 is 18.2. The lowest BCUT2D eigenvalue weighted by atomic mass is 10.00. The van der Waals surface area contributed by atoms with Crippen molar-refractivity contribution in [1.82, 2.24) is 9.80 Å². The van der Waals surface area contributed by atoms with Crippen LogP contribution >= 0.6 is 11.8 Å². The predicted molar refractivity (Wildman–Crippen MR) is 115 cm³/mol. The zero-order valence-electron chi connectivity index (χ0n) is 17.0. The van der Waals surface area contributed by atoms with Gasteiger partial charge in [-0.3, -0.25) is 4.90 Å². The molecule has 0 spiro atoms. The molecule has 0 bridgehead atoms. The minimum atomic E-state index is 0.742. The van der Waals surface area contributed by atoms with Gasteiger partial charge >= 0.3 is 0 Å². The number of nitrogens with zero attached hydrogens (tertiary/aromatic N) is 2. The lowest BCUT2D eigenvalue weighted by Crippen LogP contribution is -2.38. The van der Waals surface area contributed by atoms with Gasteiger partial charge in [-0.05, 0) is 30.5 Å². The molecule has 2 fully saturated rings. The van der Waals surface area contributed by atoms with Crippen LogP contribution in [-0.2, 0) is 17.6 Å². The average Bonchev–Trinajstić information content (AvgIpc) is 2.76. The summed E-state index contributed by atoms with van der Waals surface area (Å²) in [5.41, 5.74) is 2.49. The quantitative estimate of drug-likeness (QED) is 0.694. The summed E-state index contributed by atoms with van der Waals surface area (Å²) in [6.07, 6.45) is 5.19. The molecule has 3 aliphatic rings. The van der Waals surface area contributed by atoms with Crippen molar-refractivity contribution in [2.45, 2.75) is 26.2 Å². The first-order valence-corrected chi connectivity index (χ1v) is 11.8. The highest BCUT2D eigenvalue weighted by molar-refractivity contribution is 7.99. The summed E-state index contributed by atoms with van der Waals surface area (Å²) in [5, 5.41) is 0. The van der Waals surface area contributed by atoms with E-state index in [2.05, 4.69) is 34.9 Å². The first-order valence-electron chi connectivity index (χ1n) is 10.6. The number of benzene rings is 1. The molecule has 0 radical (unpaired) electrons. The zero-order valence-corrected chi connectivity index (χ0v) is 17.8. The number of hydrogen-bond acceptors (Lipinski definition) is 6. The van der Waals surface area contributed by atoms with Crippen molar-refractivity contribution >= 4 is 11.8 Å². The Kier molecular flexibility index (Phi) is 7.04. The molecule has 6 heteroatoms. The molecule has 1 aromatic rings. The maximum Gasteiger partial charge on any atom is 0.192 e. The minimum absolute atomic E-state index is 0.742. The smallest absolute Gasteiger partial charge is 0.192 e. The van der Waals surface area contributed by atoms with Crippen LogP contribution in [0.25, 0.3) is 0 Å². The highest BCUT2D eigenvalue weighted by Crippen LogP contribution is 2.38. The van der Waals surface area contributed by atoms with Crippen molar-refractivity contribution in [3.05, 3.63) is 35.2 Å². The van der Waals surface area contributed by atoms with Crippen LogP contribution in [0.1, 0.15) is 24.5 Å². The van der Waals surface area contributed by atoms with Crippen molar-refractivity contribution in [3.63, 3.8) is 0 Å². The molecular formula is C22H32N2O3S. The van der Waals surface area contributed by atoms with Gasteiger partial charge in [0.05, 0.1) is 13.2 Å². The van der Waals surface area contributed by atoms with Crippen LogP contribution in [0.5, 0.6) is 11.5 Å². The van der Waals surface area contributed by atoms with Crippen molar-refractivity contribution in [2.24, 2.45) is 0 Å². The van der Waals surface area contributed by atoms with Gasteiger partial charge in [-0.15, -0.1) is 0 Å². The summed E-state index contributed by atoms with van der Waals surface area (Å²) in [4.78, 5) is 4.80. The molecule has 1 aromatic carbocycles. The molecule has 28 heavy (non-hydrogen) atoms. The second kappa shape index (κ2) is 9.90. The van der Waals surface area contributed by atoms with Gasteiger partial charge in [0.25, 0.3) is 0 Å². The standard InChI is InChI=1S/C22H32N2O3S/c1-2-3-19-20(26-15-8-23-11-16-28-17-12-23)6-4-18-5-7-21(27-22(18)19)24-9-13-25-14-10-24/h4,6-7H,2-3,5,8-17H2,1H3. The Bertz CT molecular complexity index is 683. The third-order valence-corrected chi connectivity index (χ3v) is 6.54. The molecule has 4 rings (SSSR count). The van der Waals surface area contributed by atoms with Crippen LogP contribution in [0.15, 0.2) is 24.1 Å². The van der Waals surface area contributed by atoms with E-state index in [1.54, 1.807) is 0 Å². The molecule has 2 saturated heterocycles. The van der Waals surface area contributed by atoms with Gasteiger partial charge in [-0.2, -0.15) is 11.8 Å². The van der Waals surface area contributed by atoms with Crippen LogP contribution < -0.4 is 9.47 Å². The second-order valence-electron chi connectivity index (χ2n) is 7.53. The van der Waals surface area contributed by atoms with Crippen LogP contribution in [0.3, 0.4) is 0 Å². The van der Waals surface area contributed by atoms with Gasteiger partial charge < -0.3 is 19.1 Å². The number of fused-ring (bicyclic) bond motifs is 1. The van der Waals surface area contributed by atoms with Crippen molar-refractivity contribution < 1.29 is 14.2 Å². The number of thioether (sulfide) groups is 1. The predicted octanol–water partition coefficient (Wildman–Crippen LogP) is 3.18. The maximum absolute atomic E-state index is 6.43. The Labute approximate surface area is 173 Å². The van der Waals surface area contributed by atoms with Gasteiger partial charge in [-0.25, -0.2) is 0 Å². The second-order valence-corrected chi connectivity index (χ2v) is 8.76. The Hall–Kier alpha value is -1.37. The molecule has 3 heterocycles. The van der Waals surface area contributed by atoms with Crippen molar-refractivity contribution in [3.8, 4) is 11.5 Å². The molecular weight excluding hydrogens is 372 g/mol. The molecule has 0 aromatic heterocycles. The lowest BCUT2D eigenvalue weighted by molar-refractivity contribution is 0.0337. The van der Waals surface area contributed by atoms with Gasteiger partial charge in [-0.1, -0.05) is 19.4 Å². The van der Waals surface area contributed by atoms with E-state index in [0.717, 1.165) is 76.1 Å². The summed E-state index contributed by atoms with van der Waals surface area (Å²) in [6.45, 7) is 9.66. The normalized spacial score (nSPS) is 20.3. The molecule has 5 nitrogen and oxygen atoms in total. The van der Waals surface area contributed by atoms with Crippen LogP contribution in [-0.4, -0.2) is 73.8 Å². The SMILES string of the molecule is CCCc1c(OCCN2CCSCC2)ccc2c1OC(N1CCOCC1)=CC2. The van der Waals surface area contributed by atoms with E-state index in [0.29, 0.717) is 0 Å². The topological polar surface area (TPSA) is 34.2 Å².